The van der Waals surface area contributed by atoms with Gasteiger partial charge in [0.2, 0.25) is 5.96 Å². The Kier molecular flexibility index (Phi) is 7.37. The van der Waals surface area contributed by atoms with Gasteiger partial charge < -0.3 is 21.1 Å². The molecule has 0 aromatic heterocycles. The molecule has 1 rings (SSSR count). The average molecular weight is 312 g/mol. The monoisotopic (exact) mass is 312 g/mol. The minimum absolute atomic E-state index is 0.127. The van der Waals surface area contributed by atoms with Gasteiger partial charge in [0.1, 0.15) is 6.54 Å². The predicted octanol–water partition coefficient (Wildman–Crippen LogP) is -0.300. The van der Waals surface area contributed by atoms with E-state index in [-0.39, 0.29) is 24.4 Å². The van der Waals surface area contributed by atoms with E-state index in [1.54, 1.807) is 6.92 Å². The maximum Gasteiger partial charge on any atom is 0.327 e. The number of ether oxygens (including phenoxy) is 1. The van der Waals surface area contributed by atoms with Crippen LogP contribution in [-0.2, 0) is 9.53 Å². The fourth-order valence-corrected chi connectivity index (χ4v) is 1.52. The molecule has 0 saturated heterocycles. The lowest BCUT2D eigenvalue weighted by atomic mass is 9.94. The fourth-order valence-electron chi connectivity index (χ4n) is 1.52. The smallest absolute Gasteiger partial charge is 0.327 e. The molecule has 1 saturated carbocycles. The van der Waals surface area contributed by atoms with E-state index in [4.69, 9.17) is 10.5 Å². The Hall–Kier alpha value is -2.65. The zero-order valence-electron chi connectivity index (χ0n) is 12.3. The van der Waals surface area contributed by atoms with Crippen LogP contribution < -0.4 is 16.4 Å². The van der Waals surface area contributed by atoms with E-state index in [0.29, 0.717) is 12.8 Å². The van der Waals surface area contributed by atoms with Crippen LogP contribution in [0.3, 0.4) is 0 Å². The van der Waals surface area contributed by atoms with Gasteiger partial charge in [-0.15, -0.1) is 0 Å². The second kappa shape index (κ2) is 9.32. The zero-order chi connectivity index (χ0) is 16.4. The summed E-state index contributed by atoms with van der Waals surface area (Å²) in [6.07, 6.45) is 4.89. The summed E-state index contributed by atoms with van der Waals surface area (Å²) in [5, 5.41) is 15.7. The number of rotatable bonds is 7. The van der Waals surface area contributed by atoms with Crippen LogP contribution in [0.2, 0.25) is 0 Å². The fraction of sp³-hybridized carbons (Fsp3) is 0.583. The number of esters is 1. The average Bonchev–Trinajstić information content (AvgIpc) is 2.37. The maximum atomic E-state index is 11.1. The van der Waals surface area contributed by atoms with E-state index in [9.17, 15) is 14.9 Å². The SMILES string of the molecule is CCOC(=O)CN=CNC(=NC1CCC1)N/C(N)=C\[N+](=O)[O-]. The third-order valence-electron chi connectivity index (χ3n) is 2.71. The summed E-state index contributed by atoms with van der Waals surface area (Å²) in [6, 6.07) is 0.150. The first-order chi connectivity index (χ1) is 10.5. The van der Waals surface area contributed by atoms with Gasteiger partial charge in [0.25, 0.3) is 6.20 Å². The van der Waals surface area contributed by atoms with Crippen LogP contribution in [0.1, 0.15) is 26.2 Å². The van der Waals surface area contributed by atoms with Gasteiger partial charge in [-0.25, -0.2) is 4.99 Å². The zero-order valence-corrected chi connectivity index (χ0v) is 12.3. The molecule has 0 amide bonds. The molecule has 0 spiro atoms. The number of hydrogen-bond acceptors (Lipinski definition) is 7. The van der Waals surface area contributed by atoms with Crippen LogP contribution in [0.25, 0.3) is 0 Å². The van der Waals surface area contributed by atoms with Gasteiger partial charge >= 0.3 is 5.97 Å². The van der Waals surface area contributed by atoms with Crippen molar-refractivity contribution < 1.29 is 14.5 Å². The van der Waals surface area contributed by atoms with Crippen LogP contribution in [0.15, 0.2) is 22.0 Å². The van der Waals surface area contributed by atoms with Crippen molar-refractivity contribution in [2.75, 3.05) is 13.2 Å². The maximum absolute atomic E-state index is 11.1. The van der Waals surface area contributed by atoms with Crippen LogP contribution in [0.5, 0.6) is 0 Å². The lowest BCUT2D eigenvalue weighted by molar-refractivity contribution is -0.403. The lowest BCUT2D eigenvalue weighted by Gasteiger charge is -2.22. The number of guanidine groups is 1. The molecular weight excluding hydrogens is 292 g/mol. The van der Waals surface area contributed by atoms with Crippen molar-refractivity contribution in [3.05, 3.63) is 22.1 Å². The van der Waals surface area contributed by atoms with E-state index in [0.717, 1.165) is 19.3 Å². The van der Waals surface area contributed by atoms with Crippen molar-refractivity contribution >= 4 is 18.3 Å². The topological polar surface area (TPSA) is 144 Å². The molecule has 122 valence electrons. The van der Waals surface area contributed by atoms with E-state index in [1.807, 2.05) is 0 Å². The summed E-state index contributed by atoms with van der Waals surface area (Å²) in [4.78, 5) is 28.9. The Morgan fingerprint density at radius 3 is 2.82 bits per heavy atom. The summed E-state index contributed by atoms with van der Waals surface area (Å²) in [5.41, 5.74) is 5.47. The molecule has 0 aromatic rings. The molecule has 0 atom stereocenters. The molecule has 1 fully saturated rings. The first kappa shape index (κ1) is 17.4. The Morgan fingerprint density at radius 1 is 1.55 bits per heavy atom. The van der Waals surface area contributed by atoms with Gasteiger partial charge in [-0.05, 0) is 26.2 Å². The molecular formula is C12H20N6O4. The Balaban J connectivity index is 2.55. The second-order valence-electron chi connectivity index (χ2n) is 4.48. The molecule has 0 unspecified atom stereocenters. The van der Waals surface area contributed by atoms with Crippen LogP contribution >= 0.6 is 0 Å². The quantitative estimate of drug-likeness (QED) is 0.192. The number of nitro groups is 1. The Morgan fingerprint density at radius 2 is 2.27 bits per heavy atom. The number of nitrogens with one attached hydrogen (secondary N) is 2. The van der Waals surface area contributed by atoms with E-state index >= 15 is 0 Å². The first-order valence-electron chi connectivity index (χ1n) is 6.87. The molecule has 0 aromatic carbocycles. The number of nitrogens with two attached hydrogens (primary N) is 1. The molecule has 22 heavy (non-hydrogen) atoms. The second-order valence-corrected chi connectivity index (χ2v) is 4.48. The predicted molar refractivity (Wildman–Crippen MR) is 80.6 cm³/mol. The minimum Gasteiger partial charge on any atom is -0.465 e. The van der Waals surface area contributed by atoms with E-state index in [1.165, 1.54) is 6.34 Å². The summed E-state index contributed by atoms with van der Waals surface area (Å²) in [6.45, 7) is 1.87. The van der Waals surface area contributed by atoms with Crippen molar-refractivity contribution in [1.82, 2.24) is 10.6 Å². The van der Waals surface area contributed by atoms with Crippen molar-refractivity contribution in [3.8, 4) is 0 Å². The summed E-state index contributed by atoms with van der Waals surface area (Å²) < 4.78 is 4.72. The number of hydrogen-bond donors (Lipinski definition) is 3. The Labute approximate surface area is 127 Å². The summed E-state index contributed by atoms with van der Waals surface area (Å²) in [7, 11) is 0. The van der Waals surface area contributed by atoms with E-state index < -0.39 is 10.9 Å². The number of carbonyl (C=O) groups excluding carboxylic acids is 1. The highest BCUT2D eigenvalue weighted by Gasteiger charge is 2.17. The van der Waals surface area contributed by atoms with Gasteiger partial charge in [0.15, 0.2) is 5.82 Å². The van der Waals surface area contributed by atoms with Crippen LogP contribution in [-0.4, -0.2) is 42.4 Å². The lowest BCUT2D eigenvalue weighted by Crippen LogP contribution is -2.40. The van der Waals surface area contributed by atoms with Crippen molar-refractivity contribution in [2.45, 2.75) is 32.2 Å². The number of nitrogens with zero attached hydrogens (tertiary/aromatic N) is 3. The molecule has 0 radical (unpaired) electrons. The highest BCUT2D eigenvalue weighted by Crippen LogP contribution is 2.21. The standard InChI is InChI=1S/C12H20N6O4/c1-2-22-11(19)6-14-8-15-12(16-9-4-3-5-9)17-10(13)7-18(20)21/h7-9H,2-6,13H2,1H3,(H2,14,15,16,17)/b10-7-. The minimum atomic E-state index is -0.669. The van der Waals surface area contributed by atoms with Crippen molar-refractivity contribution in [3.63, 3.8) is 0 Å². The number of carbonyl (C=O) groups is 1. The Bertz CT molecular complexity index is 484. The first-order valence-corrected chi connectivity index (χ1v) is 6.87. The van der Waals surface area contributed by atoms with Gasteiger partial charge in [-0.3, -0.25) is 19.9 Å². The van der Waals surface area contributed by atoms with Crippen LogP contribution in [0.4, 0.5) is 0 Å². The molecule has 10 nitrogen and oxygen atoms in total. The molecule has 10 heteroatoms. The van der Waals surface area contributed by atoms with Crippen LogP contribution in [0, 0.1) is 10.1 Å². The number of aliphatic imine (C=N–C) groups is 2. The summed E-state index contributed by atoms with van der Waals surface area (Å²) in [5.74, 6) is -0.360. The molecule has 0 bridgehead atoms. The molecule has 0 aliphatic heterocycles. The molecule has 0 heterocycles. The van der Waals surface area contributed by atoms with E-state index in [2.05, 4.69) is 20.6 Å². The highest BCUT2D eigenvalue weighted by molar-refractivity contribution is 5.91. The van der Waals surface area contributed by atoms with Gasteiger partial charge in [0.05, 0.1) is 23.9 Å². The largest absolute Gasteiger partial charge is 0.465 e. The summed E-state index contributed by atoms with van der Waals surface area (Å²) >= 11 is 0. The highest BCUT2D eigenvalue weighted by atomic mass is 16.6. The molecule has 4 N–H and O–H groups in total. The van der Waals surface area contributed by atoms with Crippen molar-refractivity contribution in [2.24, 2.45) is 15.7 Å². The van der Waals surface area contributed by atoms with Crippen molar-refractivity contribution in [1.29, 1.82) is 0 Å². The normalized spacial score (nSPS) is 16.2. The molecule has 1 aliphatic rings. The third-order valence-corrected chi connectivity index (χ3v) is 2.71. The molecule has 1 aliphatic carbocycles. The van der Waals surface area contributed by atoms with Gasteiger partial charge in [-0.2, -0.15) is 0 Å². The van der Waals surface area contributed by atoms with Gasteiger partial charge in [0, 0.05) is 0 Å². The third kappa shape index (κ3) is 7.22. The van der Waals surface area contributed by atoms with Gasteiger partial charge in [-0.1, -0.05) is 0 Å².